The van der Waals surface area contributed by atoms with Crippen LogP contribution < -0.4 is 25.6 Å². The van der Waals surface area contributed by atoms with Gasteiger partial charge in [0.1, 0.15) is 29.4 Å². The number of para-hydroxylation sites is 1. The Kier molecular flexibility index (Phi) is 17.0. The van der Waals surface area contributed by atoms with Gasteiger partial charge in [0, 0.05) is 43.6 Å². The molecule has 5 N–H and O–H groups in total. The molecule has 2 aliphatic rings. The molecule has 1 saturated heterocycles. The molecule has 434 valence electrons. The monoisotopic (exact) mass is 1180 g/mol. The Morgan fingerprint density at radius 3 is 2.30 bits per heavy atom. The number of fused-ring (bicyclic) bond motifs is 2. The van der Waals surface area contributed by atoms with Gasteiger partial charge in [0.05, 0.1) is 32.4 Å². The lowest BCUT2D eigenvalue weighted by Crippen LogP contribution is -2.58. The van der Waals surface area contributed by atoms with Crippen molar-refractivity contribution < 1.29 is 52.1 Å². The van der Waals surface area contributed by atoms with Crippen molar-refractivity contribution in [2.45, 2.75) is 104 Å². The van der Waals surface area contributed by atoms with Gasteiger partial charge in [-0.3, -0.25) is 24.5 Å². The van der Waals surface area contributed by atoms with Crippen LogP contribution in [-0.2, 0) is 33.8 Å². The second-order valence-corrected chi connectivity index (χ2v) is 24.0. The summed E-state index contributed by atoms with van der Waals surface area (Å²) in [6.45, 7) is 9.40. The summed E-state index contributed by atoms with van der Waals surface area (Å²) in [4.78, 5) is 85.4. The minimum atomic E-state index is -4.89. The standard InChI is InChI=1S/C63H61F3N8O8S2/c1-35-43(44-27-28-51(69-53(44)60(80)81)73-30-29-38-12-9-14-45(46(38)33-73)57(77)72-61-68-47-15-6-7-17-50(47)84-61)13-10-16-49(35)82-42-25-19-37(20-26-42)11-8-18-52(76)70-56(62(3,4)5)59(79)74-32-41(75)31-48(74)58(78)71-55(63(64,65)66)40-23-21-39(22-24-40)54-36(2)67-34-83-54/h6-7,9-10,12-17,19-28,34,41,48,55-56,75H,8,11,18,29-33H2,1-5H3,(H,70,76)(H,71,78)(H,80,81)(H,68,72,77)/t41-,48+,55-,56-/m1/s1. The molecule has 4 atom stereocenters. The van der Waals surface area contributed by atoms with E-state index in [1.165, 1.54) is 46.9 Å². The maximum absolute atomic E-state index is 14.6. The molecule has 3 aromatic heterocycles. The summed E-state index contributed by atoms with van der Waals surface area (Å²) >= 11 is 2.75. The Hall–Kier alpha value is -8.53. The number of carbonyl (C=O) groups is 5. The third-order valence-corrected chi connectivity index (χ3v) is 17.1. The number of aryl methyl sites for hydroxylation is 2. The number of hydrogen-bond acceptors (Lipinski definition) is 13. The van der Waals surface area contributed by atoms with E-state index in [0.29, 0.717) is 82.6 Å². The predicted molar refractivity (Wildman–Crippen MR) is 316 cm³/mol. The van der Waals surface area contributed by atoms with Crippen molar-refractivity contribution in [1.29, 1.82) is 0 Å². The quantitative estimate of drug-likeness (QED) is 0.0576. The summed E-state index contributed by atoms with van der Waals surface area (Å²) in [6, 6.07) is 30.2. The molecule has 0 unspecified atom stereocenters. The van der Waals surface area contributed by atoms with Crippen LogP contribution in [0.15, 0.2) is 127 Å². The van der Waals surface area contributed by atoms with E-state index in [1.807, 2.05) is 66.4 Å². The van der Waals surface area contributed by atoms with E-state index in [-0.39, 0.29) is 36.6 Å². The van der Waals surface area contributed by atoms with Gasteiger partial charge in [-0.15, -0.1) is 11.3 Å². The zero-order valence-electron chi connectivity index (χ0n) is 46.6. The van der Waals surface area contributed by atoms with Gasteiger partial charge >= 0.3 is 12.1 Å². The molecule has 10 rings (SSSR count). The number of aliphatic hydroxyl groups is 1. The number of ether oxygens (including phenoxy) is 1. The van der Waals surface area contributed by atoms with Crippen molar-refractivity contribution in [2.75, 3.05) is 23.3 Å². The summed E-state index contributed by atoms with van der Waals surface area (Å²) in [6.07, 6.45) is -4.84. The molecule has 0 aliphatic carbocycles. The average molecular weight is 1180 g/mol. The topological polar surface area (TPSA) is 216 Å². The predicted octanol–water partition coefficient (Wildman–Crippen LogP) is 11.6. The Morgan fingerprint density at radius 1 is 0.845 bits per heavy atom. The van der Waals surface area contributed by atoms with Gasteiger partial charge in [0.25, 0.3) is 5.91 Å². The molecule has 2 aliphatic heterocycles. The Balaban J connectivity index is 0.745. The number of aromatic nitrogens is 3. The number of halogens is 3. The molecule has 8 aromatic rings. The average Bonchev–Trinajstić information content (AvgIpc) is 2.86. The highest BCUT2D eigenvalue weighted by molar-refractivity contribution is 7.22. The number of benzene rings is 5. The molecule has 5 aromatic carbocycles. The van der Waals surface area contributed by atoms with Gasteiger partial charge in [-0.25, -0.2) is 19.7 Å². The number of aliphatic hydroxyl groups excluding tert-OH is 1. The van der Waals surface area contributed by atoms with Crippen LogP contribution >= 0.6 is 22.7 Å². The van der Waals surface area contributed by atoms with Crippen molar-refractivity contribution in [3.05, 3.63) is 172 Å². The number of hydrogen-bond donors (Lipinski definition) is 5. The van der Waals surface area contributed by atoms with Gasteiger partial charge in [-0.1, -0.05) is 105 Å². The number of carboxylic acid groups (broad SMARTS) is 1. The fourth-order valence-electron chi connectivity index (χ4n) is 10.8. The zero-order valence-corrected chi connectivity index (χ0v) is 48.3. The number of carboxylic acids is 1. The van der Waals surface area contributed by atoms with E-state index in [2.05, 4.69) is 30.9 Å². The maximum Gasteiger partial charge on any atom is 0.412 e. The number of thiazole rings is 2. The molecule has 21 heteroatoms. The molecule has 4 amide bonds. The van der Waals surface area contributed by atoms with E-state index < -0.39 is 59.5 Å². The highest BCUT2D eigenvalue weighted by Crippen LogP contribution is 2.39. The number of β-amino-alcohol motifs (C(OH)–C–C–N with tert-alkyl or cyclic N) is 1. The first-order chi connectivity index (χ1) is 40.1. The molecule has 84 heavy (non-hydrogen) atoms. The van der Waals surface area contributed by atoms with Crippen molar-refractivity contribution in [2.24, 2.45) is 5.41 Å². The Morgan fingerprint density at radius 2 is 1.60 bits per heavy atom. The number of alkyl halides is 3. The Labute approximate surface area is 490 Å². The van der Waals surface area contributed by atoms with E-state index in [4.69, 9.17) is 4.74 Å². The number of nitrogens with one attached hydrogen (secondary N) is 3. The zero-order chi connectivity index (χ0) is 59.6. The highest BCUT2D eigenvalue weighted by Gasteiger charge is 2.48. The van der Waals surface area contributed by atoms with Gasteiger partial charge < -0.3 is 35.4 Å². The fourth-order valence-corrected chi connectivity index (χ4v) is 12.4. The summed E-state index contributed by atoms with van der Waals surface area (Å²) in [5, 5.41) is 29.6. The lowest BCUT2D eigenvalue weighted by atomic mass is 9.85. The molecule has 5 heterocycles. The number of rotatable bonds is 17. The Bertz CT molecular complexity index is 3760. The minimum Gasteiger partial charge on any atom is -0.476 e. The lowest BCUT2D eigenvalue weighted by molar-refractivity contribution is -0.165. The van der Waals surface area contributed by atoms with Crippen LogP contribution in [0.1, 0.15) is 100 Å². The number of carbonyl (C=O) groups excluding carboxylic acids is 4. The van der Waals surface area contributed by atoms with Crippen LogP contribution in [0.3, 0.4) is 0 Å². The molecule has 0 saturated carbocycles. The van der Waals surface area contributed by atoms with Gasteiger partial charge in [0.15, 0.2) is 16.9 Å². The first-order valence-electron chi connectivity index (χ1n) is 27.4. The molecule has 16 nitrogen and oxygen atoms in total. The van der Waals surface area contributed by atoms with E-state index in [0.717, 1.165) is 42.4 Å². The largest absolute Gasteiger partial charge is 0.476 e. The number of pyridine rings is 1. The van der Waals surface area contributed by atoms with Crippen LogP contribution in [0.2, 0.25) is 0 Å². The van der Waals surface area contributed by atoms with Crippen molar-refractivity contribution in [3.8, 4) is 33.1 Å². The van der Waals surface area contributed by atoms with Crippen LogP contribution in [0.25, 0.3) is 31.8 Å². The smallest absolute Gasteiger partial charge is 0.412 e. The fraction of sp³-hybridized carbons (Fsp3) is 0.302. The second-order valence-electron chi connectivity index (χ2n) is 22.1. The van der Waals surface area contributed by atoms with Crippen LogP contribution in [-0.4, -0.2) is 97.1 Å². The minimum absolute atomic E-state index is 0.0253. The summed E-state index contributed by atoms with van der Waals surface area (Å²) < 4.78 is 51.0. The highest BCUT2D eigenvalue weighted by atomic mass is 32.1. The van der Waals surface area contributed by atoms with Crippen molar-refractivity contribution >= 4 is 73.4 Å². The summed E-state index contributed by atoms with van der Waals surface area (Å²) in [5.41, 5.74) is 7.59. The van der Waals surface area contributed by atoms with Crippen LogP contribution in [0.4, 0.5) is 24.1 Å². The van der Waals surface area contributed by atoms with E-state index >= 15 is 0 Å². The van der Waals surface area contributed by atoms with Gasteiger partial charge in [0.2, 0.25) is 17.7 Å². The molecular formula is C63H61F3N8O8S2. The number of aromatic carboxylic acids is 1. The van der Waals surface area contributed by atoms with Crippen LogP contribution in [0, 0.1) is 19.3 Å². The summed E-state index contributed by atoms with van der Waals surface area (Å²) in [7, 11) is 0. The van der Waals surface area contributed by atoms with E-state index in [1.54, 1.807) is 75.7 Å². The van der Waals surface area contributed by atoms with Crippen LogP contribution in [0.5, 0.6) is 11.5 Å². The van der Waals surface area contributed by atoms with Gasteiger partial charge in [-0.2, -0.15) is 13.2 Å². The first-order valence-corrected chi connectivity index (χ1v) is 29.1. The van der Waals surface area contributed by atoms with E-state index in [9.17, 15) is 47.4 Å². The number of amides is 4. The maximum atomic E-state index is 14.6. The third-order valence-electron chi connectivity index (χ3n) is 15.2. The molecule has 0 radical (unpaired) electrons. The summed E-state index contributed by atoms with van der Waals surface area (Å²) in [5.74, 6) is -2.24. The molecular weight excluding hydrogens is 1120 g/mol. The molecule has 1 fully saturated rings. The molecule has 0 spiro atoms. The first kappa shape index (κ1) is 58.7. The molecule has 0 bridgehead atoms. The lowest BCUT2D eigenvalue weighted by Gasteiger charge is -2.35. The number of nitrogens with zero attached hydrogens (tertiary/aromatic N) is 5. The SMILES string of the molecule is Cc1ncsc1-c1ccc([C@@H](NC(=O)[C@@H]2C[C@@H](O)CN2C(=O)[C@@H](NC(=O)CCCc2ccc(Oc3cccc(-c4ccc(N5CCc6cccc(C(=O)Nc7nc8ccccc8s7)c6C5)nc4C(=O)O)c3C)cc2)C(C)(C)C)C(F)(F)F)cc1. The normalized spacial score (nSPS) is 16.0. The van der Waals surface area contributed by atoms with Gasteiger partial charge in [-0.05, 0) is 126 Å². The van der Waals surface area contributed by atoms with Crippen molar-refractivity contribution in [3.63, 3.8) is 0 Å². The number of likely N-dealkylation sites (tertiary alicyclic amines) is 1. The number of anilines is 2. The van der Waals surface area contributed by atoms with Crippen molar-refractivity contribution in [1.82, 2.24) is 30.5 Å². The second kappa shape index (κ2) is 24.4. The third kappa shape index (κ3) is 13.0.